The third kappa shape index (κ3) is 2.34. The number of hydrogen-bond donors (Lipinski definition) is 1. The first-order valence-electron chi connectivity index (χ1n) is 5.16. The zero-order valence-corrected chi connectivity index (χ0v) is 9.41. The summed E-state index contributed by atoms with van der Waals surface area (Å²) in [6.07, 6.45) is 0. The van der Waals surface area contributed by atoms with Gasteiger partial charge in [-0.1, -0.05) is 0 Å². The van der Waals surface area contributed by atoms with Crippen LogP contribution < -0.4 is 0 Å². The topological polar surface area (TPSA) is 67.9 Å². The highest BCUT2D eigenvalue weighted by Crippen LogP contribution is 2.17. The van der Waals surface area contributed by atoms with Crippen LogP contribution in [0.15, 0.2) is 18.2 Å². The number of rotatable bonds is 3. The van der Waals surface area contributed by atoms with E-state index in [0.717, 1.165) is 12.1 Å². The molecule has 0 bridgehead atoms. The predicted molar refractivity (Wildman–Crippen MR) is 57.7 cm³/mol. The molecule has 2 rings (SSSR count). The number of esters is 1. The molecule has 2 aromatic rings. The molecule has 7 heteroatoms. The Morgan fingerprint density at radius 1 is 1.39 bits per heavy atom. The summed E-state index contributed by atoms with van der Waals surface area (Å²) in [4.78, 5) is 15.2. The van der Waals surface area contributed by atoms with Crippen LogP contribution in [0.4, 0.5) is 8.78 Å². The Morgan fingerprint density at radius 3 is 2.83 bits per heavy atom. The number of carbonyl (C=O) groups is 1. The van der Waals surface area contributed by atoms with E-state index in [1.807, 2.05) is 0 Å². The van der Waals surface area contributed by atoms with Crippen LogP contribution in [0.1, 0.15) is 17.5 Å². The Morgan fingerprint density at radius 2 is 2.17 bits per heavy atom. The zero-order valence-electron chi connectivity index (χ0n) is 9.41. The molecule has 1 heterocycles. The molecule has 0 saturated heterocycles. The van der Waals surface area contributed by atoms with Crippen LogP contribution in [-0.2, 0) is 4.74 Å². The lowest BCUT2D eigenvalue weighted by Crippen LogP contribution is -2.06. The summed E-state index contributed by atoms with van der Waals surface area (Å²) in [5.41, 5.74) is 0.265. The minimum absolute atomic E-state index is 0.0865. The molecular weight excluding hydrogens is 244 g/mol. The molecule has 0 atom stereocenters. The normalized spacial score (nSPS) is 10.4. The molecule has 0 aliphatic carbocycles. The minimum atomic E-state index is -1.00. The highest BCUT2D eigenvalue weighted by molar-refractivity contribution is 5.85. The highest BCUT2D eigenvalue weighted by Gasteiger charge is 2.14. The molecule has 0 fully saturated rings. The maximum atomic E-state index is 13.0. The van der Waals surface area contributed by atoms with Gasteiger partial charge in [-0.25, -0.2) is 18.6 Å². The first kappa shape index (κ1) is 12.2. The van der Waals surface area contributed by atoms with Gasteiger partial charge < -0.3 is 4.74 Å². The van der Waals surface area contributed by atoms with Crippen molar-refractivity contribution in [1.29, 1.82) is 0 Å². The van der Waals surface area contributed by atoms with Crippen molar-refractivity contribution in [2.45, 2.75) is 6.92 Å². The summed E-state index contributed by atoms with van der Waals surface area (Å²) >= 11 is 0. The number of nitrogens with zero attached hydrogens (tertiary/aromatic N) is 2. The molecule has 1 N–H and O–H groups in total. The summed E-state index contributed by atoms with van der Waals surface area (Å²) in [5, 5.41) is 6.11. The Kier molecular flexibility index (Phi) is 3.31. The van der Waals surface area contributed by atoms with E-state index in [2.05, 4.69) is 15.2 Å². The van der Waals surface area contributed by atoms with Gasteiger partial charge in [-0.3, -0.25) is 5.10 Å². The van der Waals surface area contributed by atoms with Gasteiger partial charge in [-0.15, -0.1) is 0 Å². The van der Waals surface area contributed by atoms with E-state index >= 15 is 0 Å². The third-order valence-corrected chi connectivity index (χ3v) is 2.13. The van der Waals surface area contributed by atoms with Gasteiger partial charge in [0.2, 0.25) is 5.82 Å². The predicted octanol–water partition coefficient (Wildman–Crippen LogP) is 1.93. The van der Waals surface area contributed by atoms with Gasteiger partial charge in [0.1, 0.15) is 0 Å². The summed E-state index contributed by atoms with van der Waals surface area (Å²) < 4.78 is 30.5. The van der Waals surface area contributed by atoms with Crippen molar-refractivity contribution in [3.8, 4) is 11.4 Å². The fourth-order valence-electron chi connectivity index (χ4n) is 1.32. The van der Waals surface area contributed by atoms with E-state index < -0.39 is 17.6 Å². The molecule has 0 saturated carbocycles. The van der Waals surface area contributed by atoms with Crippen molar-refractivity contribution in [2.75, 3.05) is 6.61 Å². The number of carbonyl (C=O) groups excluding carboxylic acids is 1. The zero-order chi connectivity index (χ0) is 13.1. The number of ether oxygens (including phenoxy) is 1. The summed E-state index contributed by atoms with van der Waals surface area (Å²) in [6.45, 7) is 1.87. The van der Waals surface area contributed by atoms with Gasteiger partial charge in [-0.05, 0) is 25.1 Å². The lowest BCUT2D eigenvalue weighted by molar-refractivity contribution is 0.0512. The number of hydrogen-bond acceptors (Lipinski definition) is 4. The lowest BCUT2D eigenvalue weighted by atomic mass is 10.2. The maximum Gasteiger partial charge on any atom is 0.375 e. The monoisotopic (exact) mass is 253 g/mol. The van der Waals surface area contributed by atoms with Gasteiger partial charge in [0.15, 0.2) is 17.5 Å². The highest BCUT2D eigenvalue weighted by atomic mass is 19.2. The van der Waals surface area contributed by atoms with Crippen LogP contribution in [0.25, 0.3) is 11.4 Å². The molecule has 94 valence electrons. The Balaban J connectivity index is 2.29. The van der Waals surface area contributed by atoms with Crippen LogP contribution in [-0.4, -0.2) is 27.8 Å². The van der Waals surface area contributed by atoms with Gasteiger partial charge in [0, 0.05) is 5.56 Å². The summed E-state index contributed by atoms with van der Waals surface area (Å²) in [7, 11) is 0. The van der Waals surface area contributed by atoms with E-state index in [-0.39, 0.29) is 23.8 Å². The first-order valence-corrected chi connectivity index (χ1v) is 5.16. The number of aromatic amines is 1. The average molecular weight is 253 g/mol. The van der Waals surface area contributed by atoms with Crippen molar-refractivity contribution in [3.63, 3.8) is 0 Å². The van der Waals surface area contributed by atoms with Crippen LogP contribution in [0.3, 0.4) is 0 Å². The molecule has 5 nitrogen and oxygen atoms in total. The number of H-pyrrole nitrogens is 1. The first-order chi connectivity index (χ1) is 8.61. The van der Waals surface area contributed by atoms with Gasteiger partial charge in [-0.2, -0.15) is 5.10 Å². The lowest BCUT2D eigenvalue weighted by Gasteiger charge is -1.96. The van der Waals surface area contributed by atoms with Crippen molar-refractivity contribution in [1.82, 2.24) is 15.2 Å². The SMILES string of the molecule is CCOC(=O)c1nc(-c2ccc(F)c(F)c2)n[nH]1. The summed E-state index contributed by atoms with van der Waals surface area (Å²) in [6, 6.07) is 3.23. The molecule has 18 heavy (non-hydrogen) atoms. The van der Waals surface area contributed by atoms with E-state index in [1.54, 1.807) is 6.92 Å². The second-order valence-corrected chi connectivity index (χ2v) is 3.36. The molecular formula is C11H9F2N3O2. The van der Waals surface area contributed by atoms with Crippen molar-refractivity contribution in [2.24, 2.45) is 0 Å². The quantitative estimate of drug-likeness (QED) is 0.848. The minimum Gasteiger partial charge on any atom is -0.460 e. The Hall–Kier alpha value is -2.31. The number of aromatic nitrogens is 3. The molecule has 0 spiro atoms. The molecule has 0 aliphatic rings. The standard InChI is InChI=1S/C11H9F2N3O2/c1-2-18-11(17)10-14-9(15-16-10)6-3-4-7(12)8(13)5-6/h3-5H,2H2,1H3,(H,14,15,16). The van der Waals surface area contributed by atoms with Gasteiger partial charge >= 0.3 is 5.97 Å². The Bertz CT molecular complexity index is 583. The average Bonchev–Trinajstić information content (AvgIpc) is 2.82. The van der Waals surface area contributed by atoms with Gasteiger partial charge in [0.05, 0.1) is 6.61 Å². The molecule has 0 unspecified atom stereocenters. The smallest absolute Gasteiger partial charge is 0.375 e. The van der Waals surface area contributed by atoms with E-state index in [0.29, 0.717) is 0 Å². The number of benzene rings is 1. The van der Waals surface area contributed by atoms with Crippen LogP contribution >= 0.6 is 0 Å². The maximum absolute atomic E-state index is 13.0. The van der Waals surface area contributed by atoms with E-state index in [1.165, 1.54) is 6.07 Å². The fourth-order valence-corrected chi connectivity index (χ4v) is 1.32. The largest absolute Gasteiger partial charge is 0.460 e. The van der Waals surface area contributed by atoms with Gasteiger partial charge in [0.25, 0.3) is 0 Å². The second kappa shape index (κ2) is 4.91. The van der Waals surface area contributed by atoms with Crippen LogP contribution in [0.5, 0.6) is 0 Å². The Labute approximate surface area is 101 Å². The number of nitrogens with one attached hydrogen (secondary N) is 1. The summed E-state index contributed by atoms with van der Waals surface area (Å²) in [5.74, 6) is -2.61. The van der Waals surface area contributed by atoms with Crippen molar-refractivity contribution < 1.29 is 18.3 Å². The molecule has 0 aliphatic heterocycles. The molecule has 1 aromatic carbocycles. The second-order valence-electron chi connectivity index (χ2n) is 3.36. The molecule has 0 radical (unpaired) electrons. The van der Waals surface area contributed by atoms with Crippen LogP contribution in [0.2, 0.25) is 0 Å². The fraction of sp³-hybridized carbons (Fsp3) is 0.182. The van der Waals surface area contributed by atoms with Crippen LogP contribution in [0, 0.1) is 11.6 Å². The molecule has 1 aromatic heterocycles. The molecule has 0 amide bonds. The van der Waals surface area contributed by atoms with E-state index in [9.17, 15) is 13.6 Å². The van der Waals surface area contributed by atoms with Crippen molar-refractivity contribution >= 4 is 5.97 Å². The van der Waals surface area contributed by atoms with Crippen molar-refractivity contribution in [3.05, 3.63) is 35.7 Å². The number of halogens is 2. The third-order valence-electron chi connectivity index (χ3n) is 2.13. The van der Waals surface area contributed by atoms with E-state index in [4.69, 9.17) is 4.74 Å².